The monoisotopic (exact) mass is 278 g/mol. The molecule has 0 amide bonds. The molecule has 4 nitrogen and oxygen atoms in total. The first-order valence-electron chi connectivity index (χ1n) is 7.36. The van der Waals surface area contributed by atoms with E-state index in [1.807, 2.05) is 25.1 Å². The highest BCUT2D eigenvalue weighted by molar-refractivity contribution is 5.72. The highest BCUT2D eigenvalue weighted by Gasteiger charge is 2.30. The first-order chi connectivity index (χ1) is 9.74. The van der Waals surface area contributed by atoms with Crippen LogP contribution in [0.1, 0.15) is 25.3 Å². The van der Waals surface area contributed by atoms with Gasteiger partial charge in [0.2, 0.25) is 0 Å². The lowest BCUT2D eigenvalue weighted by atomic mass is 9.97. The van der Waals surface area contributed by atoms with Gasteiger partial charge in [-0.25, -0.2) is 0 Å². The standard InChI is InChI=1S/C16H23NO3/c1-3-20-16(18)14-8-6-10-17(12-14)11-13-7-4-5-9-15(13)19-2/h4-5,7,9,14H,3,6,8,10-12H2,1-2H3/p+1/t14-/m1/s1. The summed E-state index contributed by atoms with van der Waals surface area (Å²) in [5, 5.41) is 0. The van der Waals surface area contributed by atoms with Gasteiger partial charge in [-0.3, -0.25) is 4.79 Å². The number of carbonyl (C=O) groups excluding carboxylic acids is 1. The minimum absolute atomic E-state index is 0.0373. The molecule has 0 bridgehead atoms. The number of esters is 1. The molecule has 1 aromatic rings. The van der Waals surface area contributed by atoms with Gasteiger partial charge < -0.3 is 14.4 Å². The van der Waals surface area contributed by atoms with Crippen LogP contribution < -0.4 is 9.64 Å². The third kappa shape index (κ3) is 3.73. The number of para-hydroxylation sites is 1. The molecule has 0 radical (unpaired) electrons. The number of methoxy groups -OCH3 is 1. The van der Waals surface area contributed by atoms with E-state index in [-0.39, 0.29) is 11.9 Å². The van der Waals surface area contributed by atoms with Gasteiger partial charge in [0.25, 0.3) is 0 Å². The van der Waals surface area contributed by atoms with E-state index in [1.54, 1.807) is 7.11 Å². The van der Waals surface area contributed by atoms with Gasteiger partial charge in [-0.05, 0) is 31.9 Å². The molecule has 0 spiro atoms. The molecular formula is C16H24NO3+. The Bertz CT molecular complexity index is 447. The van der Waals surface area contributed by atoms with E-state index in [0.717, 1.165) is 38.2 Å². The highest BCUT2D eigenvalue weighted by atomic mass is 16.5. The topological polar surface area (TPSA) is 40.0 Å². The van der Waals surface area contributed by atoms with Crippen LogP contribution in [0.25, 0.3) is 0 Å². The summed E-state index contributed by atoms with van der Waals surface area (Å²) in [7, 11) is 1.70. The van der Waals surface area contributed by atoms with Crippen LogP contribution in [0.4, 0.5) is 0 Å². The third-order valence-corrected chi connectivity index (χ3v) is 3.87. The van der Waals surface area contributed by atoms with Crippen LogP contribution in [-0.4, -0.2) is 32.8 Å². The van der Waals surface area contributed by atoms with Gasteiger partial charge in [0.1, 0.15) is 18.2 Å². The number of piperidine rings is 1. The zero-order valence-corrected chi connectivity index (χ0v) is 12.4. The maximum absolute atomic E-state index is 11.9. The van der Waals surface area contributed by atoms with Crippen molar-refractivity contribution in [2.24, 2.45) is 5.92 Å². The number of rotatable bonds is 5. The van der Waals surface area contributed by atoms with E-state index in [9.17, 15) is 4.79 Å². The Hall–Kier alpha value is -1.55. The Balaban J connectivity index is 1.97. The Labute approximate surface area is 120 Å². The van der Waals surface area contributed by atoms with Crippen LogP contribution in [0, 0.1) is 5.92 Å². The molecule has 1 N–H and O–H groups in total. The molecule has 0 saturated carbocycles. The fourth-order valence-electron chi connectivity index (χ4n) is 2.89. The van der Waals surface area contributed by atoms with Crippen molar-refractivity contribution in [1.82, 2.24) is 0 Å². The van der Waals surface area contributed by atoms with Crippen LogP contribution in [0.5, 0.6) is 5.75 Å². The molecule has 1 aromatic carbocycles. The van der Waals surface area contributed by atoms with Crippen molar-refractivity contribution in [1.29, 1.82) is 0 Å². The molecule has 110 valence electrons. The van der Waals surface area contributed by atoms with E-state index in [0.29, 0.717) is 6.61 Å². The minimum Gasteiger partial charge on any atom is -0.496 e. The van der Waals surface area contributed by atoms with E-state index in [4.69, 9.17) is 9.47 Å². The molecule has 1 fully saturated rings. The molecule has 1 heterocycles. The number of quaternary nitrogens is 1. The molecule has 0 aromatic heterocycles. The van der Waals surface area contributed by atoms with E-state index in [2.05, 4.69) is 6.07 Å². The number of nitrogens with one attached hydrogen (secondary N) is 1. The summed E-state index contributed by atoms with van der Waals surface area (Å²) >= 11 is 0. The molecule has 0 aliphatic carbocycles. The van der Waals surface area contributed by atoms with Crippen molar-refractivity contribution in [2.75, 3.05) is 26.8 Å². The molecule has 4 heteroatoms. The largest absolute Gasteiger partial charge is 0.496 e. The molecular weight excluding hydrogens is 254 g/mol. The smallest absolute Gasteiger partial charge is 0.314 e. The molecule has 1 unspecified atom stereocenters. The number of hydrogen-bond donors (Lipinski definition) is 1. The average Bonchev–Trinajstić information content (AvgIpc) is 2.48. The number of carbonyl (C=O) groups is 1. The van der Waals surface area contributed by atoms with Crippen LogP contribution in [-0.2, 0) is 16.1 Å². The lowest BCUT2D eigenvalue weighted by Gasteiger charge is -2.29. The first-order valence-corrected chi connectivity index (χ1v) is 7.36. The molecule has 1 aliphatic rings. The summed E-state index contributed by atoms with van der Waals surface area (Å²) in [4.78, 5) is 13.3. The van der Waals surface area contributed by atoms with Gasteiger partial charge in [0, 0.05) is 5.56 Å². The Morgan fingerprint density at radius 3 is 2.95 bits per heavy atom. The zero-order valence-electron chi connectivity index (χ0n) is 12.4. The SMILES string of the molecule is CCOC(=O)[C@@H]1CCC[NH+](Cc2ccccc2OC)C1. The second-order valence-corrected chi connectivity index (χ2v) is 5.28. The summed E-state index contributed by atoms with van der Waals surface area (Å²) in [5.74, 6) is 0.941. The summed E-state index contributed by atoms with van der Waals surface area (Å²) in [5.41, 5.74) is 1.20. The van der Waals surface area contributed by atoms with E-state index in [1.165, 1.54) is 10.5 Å². The molecule has 1 aliphatic heterocycles. The van der Waals surface area contributed by atoms with Crippen molar-refractivity contribution >= 4 is 5.97 Å². The maximum Gasteiger partial charge on any atom is 0.314 e. The third-order valence-electron chi connectivity index (χ3n) is 3.87. The minimum atomic E-state index is -0.0373. The number of benzene rings is 1. The van der Waals surface area contributed by atoms with E-state index < -0.39 is 0 Å². The van der Waals surface area contributed by atoms with Gasteiger partial charge >= 0.3 is 5.97 Å². The van der Waals surface area contributed by atoms with Crippen molar-refractivity contribution in [2.45, 2.75) is 26.3 Å². The van der Waals surface area contributed by atoms with Gasteiger partial charge in [-0.15, -0.1) is 0 Å². The number of likely N-dealkylation sites (tertiary alicyclic amines) is 1. The zero-order chi connectivity index (χ0) is 14.4. The van der Waals surface area contributed by atoms with E-state index >= 15 is 0 Å². The highest BCUT2D eigenvalue weighted by Crippen LogP contribution is 2.17. The van der Waals surface area contributed by atoms with Crippen molar-refractivity contribution < 1.29 is 19.2 Å². The maximum atomic E-state index is 11.9. The van der Waals surface area contributed by atoms with Gasteiger partial charge in [0.05, 0.1) is 26.8 Å². The predicted octanol–water partition coefficient (Wildman–Crippen LogP) is 1.05. The van der Waals surface area contributed by atoms with Gasteiger partial charge in [-0.1, -0.05) is 12.1 Å². The quantitative estimate of drug-likeness (QED) is 0.819. The Morgan fingerprint density at radius 2 is 2.20 bits per heavy atom. The fraction of sp³-hybridized carbons (Fsp3) is 0.562. The Morgan fingerprint density at radius 1 is 1.40 bits per heavy atom. The summed E-state index contributed by atoms with van der Waals surface area (Å²) in [6.07, 6.45) is 2.03. The Kier molecular flexibility index (Phi) is 5.41. The van der Waals surface area contributed by atoms with Gasteiger partial charge in [0.15, 0.2) is 0 Å². The molecule has 2 atom stereocenters. The lowest BCUT2D eigenvalue weighted by Crippen LogP contribution is -3.12. The van der Waals surface area contributed by atoms with Crippen LogP contribution >= 0.6 is 0 Å². The first kappa shape index (κ1) is 14.9. The summed E-state index contributed by atoms with van der Waals surface area (Å²) in [6.45, 7) is 5.20. The predicted molar refractivity (Wildman–Crippen MR) is 76.8 cm³/mol. The average molecular weight is 278 g/mol. The lowest BCUT2D eigenvalue weighted by molar-refractivity contribution is -0.921. The second kappa shape index (κ2) is 7.29. The fourth-order valence-corrected chi connectivity index (χ4v) is 2.89. The number of hydrogen-bond acceptors (Lipinski definition) is 3. The van der Waals surface area contributed by atoms with Crippen LogP contribution in [0.2, 0.25) is 0 Å². The van der Waals surface area contributed by atoms with Crippen molar-refractivity contribution in [3.8, 4) is 5.75 Å². The second-order valence-electron chi connectivity index (χ2n) is 5.28. The van der Waals surface area contributed by atoms with Crippen LogP contribution in [0.15, 0.2) is 24.3 Å². The van der Waals surface area contributed by atoms with Crippen molar-refractivity contribution in [3.05, 3.63) is 29.8 Å². The van der Waals surface area contributed by atoms with Crippen LogP contribution in [0.3, 0.4) is 0 Å². The molecule has 1 saturated heterocycles. The normalized spacial score (nSPS) is 22.3. The molecule has 2 rings (SSSR count). The van der Waals surface area contributed by atoms with Crippen molar-refractivity contribution in [3.63, 3.8) is 0 Å². The van der Waals surface area contributed by atoms with Gasteiger partial charge in [-0.2, -0.15) is 0 Å². The summed E-state index contributed by atoms with van der Waals surface area (Å²) < 4.78 is 10.5. The number of ether oxygens (including phenoxy) is 2. The molecule has 20 heavy (non-hydrogen) atoms. The summed E-state index contributed by atoms with van der Waals surface area (Å²) in [6, 6.07) is 8.10.